The second-order valence-electron chi connectivity index (χ2n) is 5.09. The maximum Gasteiger partial charge on any atom is 0.129 e. The number of rotatable bonds is 5. The van der Waals surface area contributed by atoms with E-state index in [1.54, 1.807) is 0 Å². The number of anilines is 1. The van der Waals surface area contributed by atoms with Gasteiger partial charge in [0.15, 0.2) is 0 Å². The fraction of sp³-hybridized carbons (Fsp3) is 0.643. The molecule has 1 fully saturated rings. The summed E-state index contributed by atoms with van der Waals surface area (Å²) in [5.41, 5.74) is 7.05. The third kappa shape index (κ3) is 3.00. The van der Waals surface area contributed by atoms with Crippen LogP contribution in [-0.4, -0.2) is 29.3 Å². The van der Waals surface area contributed by atoms with Crippen molar-refractivity contribution in [1.29, 1.82) is 0 Å². The molecule has 2 rings (SSSR count). The number of hydrogen-bond donors (Lipinski definition) is 2. The van der Waals surface area contributed by atoms with Gasteiger partial charge in [0.25, 0.3) is 0 Å². The monoisotopic (exact) mass is 249 g/mol. The van der Waals surface area contributed by atoms with Crippen molar-refractivity contribution >= 4 is 5.82 Å². The van der Waals surface area contributed by atoms with Gasteiger partial charge in [0.2, 0.25) is 0 Å². The Morgan fingerprint density at radius 3 is 3.17 bits per heavy atom. The number of aromatic nitrogens is 1. The molecule has 4 nitrogen and oxygen atoms in total. The highest BCUT2D eigenvalue weighted by Crippen LogP contribution is 2.27. The van der Waals surface area contributed by atoms with E-state index in [4.69, 9.17) is 10.8 Å². The lowest BCUT2D eigenvalue weighted by Gasteiger charge is -2.26. The zero-order valence-corrected chi connectivity index (χ0v) is 11.0. The lowest BCUT2D eigenvalue weighted by Crippen LogP contribution is -2.30. The lowest BCUT2D eigenvalue weighted by molar-refractivity contribution is 0.279. The highest BCUT2D eigenvalue weighted by molar-refractivity contribution is 5.44. The zero-order valence-electron chi connectivity index (χ0n) is 11.0. The Balaban J connectivity index is 2.11. The highest BCUT2D eigenvalue weighted by Gasteiger charge is 2.25. The van der Waals surface area contributed by atoms with E-state index in [-0.39, 0.29) is 12.6 Å². The van der Waals surface area contributed by atoms with E-state index >= 15 is 0 Å². The zero-order chi connectivity index (χ0) is 13.0. The van der Waals surface area contributed by atoms with Gasteiger partial charge in [0.05, 0.1) is 0 Å². The molecule has 0 saturated carbocycles. The van der Waals surface area contributed by atoms with Gasteiger partial charge in [0, 0.05) is 31.4 Å². The van der Waals surface area contributed by atoms with Crippen LogP contribution in [0.2, 0.25) is 0 Å². The lowest BCUT2D eigenvalue weighted by atomic mass is 10.1. The third-order valence-corrected chi connectivity index (χ3v) is 3.66. The van der Waals surface area contributed by atoms with Crippen LogP contribution in [-0.2, 0) is 0 Å². The van der Waals surface area contributed by atoms with E-state index in [0.717, 1.165) is 30.8 Å². The molecule has 18 heavy (non-hydrogen) atoms. The SMILES string of the molecule is C[C@@H](N)c1ccnc(N2CCCC2CCCO)c1. The first-order valence-electron chi connectivity index (χ1n) is 6.81. The number of hydrogen-bond acceptors (Lipinski definition) is 4. The first-order valence-corrected chi connectivity index (χ1v) is 6.81. The summed E-state index contributed by atoms with van der Waals surface area (Å²) in [4.78, 5) is 6.83. The van der Waals surface area contributed by atoms with E-state index in [1.807, 2.05) is 19.2 Å². The van der Waals surface area contributed by atoms with E-state index in [2.05, 4.69) is 16.0 Å². The standard InChI is InChI=1S/C14H23N3O/c1-11(15)12-6-7-16-14(10-12)17-8-2-4-13(17)5-3-9-18/h6-7,10-11,13,18H,2-5,8-9,15H2,1H3/t11-,13?/m1/s1. The molecule has 1 unspecified atom stereocenters. The molecular weight excluding hydrogens is 226 g/mol. The molecule has 1 aromatic heterocycles. The summed E-state index contributed by atoms with van der Waals surface area (Å²) >= 11 is 0. The maximum absolute atomic E-state index is 8.95. The maximum atomic E-state index is 8.95. The van der Waals surface area contributed by atoms with E-state index in [9.17, 15) is 0 Å². The Morgan fingerprint density at radius 1 is 1.61 bits per heavy atom. The molecule has 100 valence electrons. The van der Waals surface area contributed by atoms with Gasteiger partial charge in [0.1, 0.15) is 5.82 Å². The van der Waals surface area contributed by atoms with Crippen LogP contribution in [0.1, 0.15) is 44.2 Å². The van der Waals surface area contributed by atoms with Gasteiger partial charge in [-0.3, -0.25) is 0 Å². The summed E-state index contributed by atoms with van der Waals surface area (Å²) in [6, 6.07) is 4.65. The van der Waals surface area contributed by atoms with E-state index in [0.29, 0.717) is 6.04 Å². The minimum absolute atomic E-state index is 0.0465. The summed E-state index contributed by atoms with van der Waals surface area (Å²) < 4.78 is 0. The first-order chi connectivity index (χ1) is 8.72. The van der Waals surface area contributed by atoms with Gasteiger partial charge in [-0.1, -0.05) is 0 Å². The van der Waals surface area contributed by atoms with Crippen LogP contribution >= 0.6 is 0 Å². The van der Waals surface area contributed by atoms with Crippen LogP contribution in [0, 0.1) is 0 Å². The van der Waals surface area contributed by atoms with Gasteiger partial charge in [-0.25, -0.2) is 4.98 Å². The average Bonchev–Trinajstić information content (AvgIpc) is 2.84. The second kappa shape index (κ2) is 6.16. The van der Waals surface area contributed by atoms with Crippen molar-refractivity contribution in [3.8, 4) is 0 Å². The van der Waals surface area contributed by atoms with Crippen molar-refractivity contribution in [3.63, 3.8) is 0 Å². The first kappa shape index (κ1) is 13.3. The Kier molecular flexibility index (Phi) is 4.55. The minimum atomic E-state index is 0.0465. The molecule has 1 aromatic rings. The van der Waals surface area contributed by atoms with Gasteiger partial charge in [-0.2, -0.15) is 0 Å². The van der Waals surface area contributed by atoms with Crippen molar-refractivity contribution < 1.29 is 5.11 Å². The molecular formula is C14H23N3O. The third-order valence-electron chi connectivity index (χ3n) is 3.66. The largest absolute Gasteiger partial charge is 0.396 e. The van der Waals surface area contributed by atoms with E-state index < -0.39 is 0 Å². The van der Waals surface area contributed by atoms with Crippen LogP contribution in [0.25, 0.3) is 0 Å². The summed E-state index contributed by atoms with van der Waals surface area (Å²) in [6.07, 6.45) is 6.16. The molecule has 0 aromatic carbocycles. The molecule has 2 atom stereocenters. The van der Waals surface area contributed by atoms with Gasteiger partial charge < -0.3 is 15.7 Å². The average molecular weight is 249 g/mol. The molecule has 3 N–H and O–H groups in total. The summed E-state index contributed by atoms with van der Waals surface area (Å²) in [5, 5.41) is 8.95. The second-order valence-corrected chi connectivity index (χ2v) is 5.09. The highest BCUT2D eigenvalue weighted by atomic mass is 16.2. The van der Waals surface area contributed by atoms with Crippen LogP contribution < -0.4 is 10.6 Å². The van der Waals surface area contributed by atoms with E-state index in [1.165, 1.54) is 12.8 Å². The van der Waals surface area contributed by atoms with Crippen molar-refractivity contribution in [2.45, 2.75) is 44.7 Å². The molecule has 0 spiro atoms. The van der Waals surface area contributed by atoms with Crippen molar-refractivity contribution in [3.05, 3.63) is 23.9 Å². The van der Waals surface area contributed by atoms with Crippen molar-refractivity contribution in [2.75, 3.05) is 18.1 Å². The predicted molar refractivity (Wildman–Crippen MR) is 73.5 cm³/mol. The van der Waals surface area contributed by atoms with Gasteiger partial charge in [-0.05, 0) is 50.3 Å². The summed E-state index contributed by atoms with van der Waals surface area (Å²) in [5.74, 6) is 1.03. The smallest absolute Gasteiger partial charge is 0.129 e. The van der Waals surface area contributed by atoms with Crippen molar-refractivity contribution in [2.24, 2.45) is 5.73 Å². The van der Waals surface area contributed by atoms with Gasteiger partial charge in [-0.15, -0.1) is 0 Å². The topological polar surface area (TPSA) is 62.4 Å². The minimum Gasteiger partial charge on any atom is -0.396 e. The number of aliphatic hydroxyl groups is 1. The van der Waals surface area contributed by atoms with Gasteiger partial charge >= 0.3 is 0 Å². The molecule has 2 heterocycles. The Hall–Kier alpha value is -1.13. The number of nitrogens with zero attached hydrogens (tertiary/aromatic N) is 2. The Labute approximate surface area is 109 Å². The number of pyridine rings is 1. The molecule has 1 aliphatic heterocycles. The fourth-order valence-corrected chi connectivity index (χ4v) is 2.64. The van der Waals surface area contributed by atoms with Crippen LogP contribution in [0.4, 0.5) is 5.82 Å². The predicted octanol–water partition coefficient (Wildman–Crippen LogP) is 1.84. The molecule has 0 aliphatic carbocycles. The fourth-order valence-electron chi connectivity index (χ4n) is 2.64. The molecule has 0 radical (unpaired) electrons. The number of aliphatic hydroxyl groups excluding tert-OH is 1. The quantitative estimate of drug-likeness (QED) is 0.836. The number of nitrogens with two attached hydrogens (primary N) is 1. The summed E-state index contributed by atoms with van der Waals surface area (Å²) in [6.45, 7) is 3.33. The molecule has 1 aliphatic rings. The van der Waals surface area contributed by atoms with Crippen LogP contribution in [0.15, 0.2) is 18.3 Å². The van der Waals surface area contributed by atoms with Crippen LogP contribution in [0.3, 0.4) is 0 Å². The van der Waals surface area contributed by atoms with Crippen molar-refractivity contribution in [1.82, 2.24) is 4.98 Å². The molecule has 0 amide bonds. The molecule has 1 saturated heterocycles. The summed E-state index contributed by atoms with van der Waals surface area (Å²) in [7, 11) is 0. The molecule has 4 heteroatoms. The van der Waals surface area contributed by atoms with Crippen LogP contribution in [0.5, 0.6) is 0 Å². The normalized spacial score (nSPS) is 21.3. The Bertz CT molecular complexity index is 381. The molecule has 0 bridgehead atoms. The Morgan fingerprint density at radius 2 is 2.44 bits per heavy atom.